The number of ether oxygens (including phenoxy) is 1. The van der Waals surface area contributed by atoms with E-state index >= 15 is 0 Å². The number of carboxylic acids is 1. The van der Waals surface area contributed by atoms with Crippen molar-refractivity contribution in [1.82, 2.24) is 0 Å². The van der Waals surface area contributed by atoms with Gasteiger partial charge in [-0.3, -0.25) is 14.4 Å². The van der Waals surface area contributed by atoms with Crippen LogP contribution in [0.4, 0.5) is 0 Å². The summed E-state index contributed by atoms with van der Waals surface area (Å²) in [5, 5.41) is 9.44. The Labute approximate surface area is 165 Å². The summed E-state index contributed by atoms with van der Waals surface area (Å²) in [5.74, 6) is -0.669. The average Bonchev–Trinajstić information content (AvgIpc) is 3.13. The summed E-state index contributed by atoms with van der Waals surface area (Å²) in [6.45, 7) is 4.63. The second-order valence-electron chi connectivity index (χ2n) is 10.5. The zero-order valence-corrected chi connectivity index (χ0v) is 16.8. The maximum atomic E-state index is 12.3. The molecule has 1 heterocycles. The topological polar surface area (TPSA) is 80.7 Å². The summed E-state index contributed by atoms with van der Waals surface area (Å²) in [7, 11) is 0. The van der Waals surface area contributed by atoms with Crippen molar-refractivity contribution >= 4 is 17.7 Å². The number of rotatable bonds is 1. The minimum Gasteiger partial charge on any atom is -0.481 e. The third-order valence-corrected chi connectivity index (χ3v) is 9.66. The molecule has 5 nitrogen and oxygen atoms in total. The lowest BCUT2D eigenvalue weighted by Crippen LogP contribution is -2.54. The summed E-state index contributed by atoms with van der Waals surface area (Å²) in [6, 6.07) is 0. The molecular weight excluding hydrogens is 356 g/mol. The van der Waals surface area contributed by atoms with E-state index in [1.54, 1.807) is 0 Å². The van der Waals surface area contributed by atoms with Crippen LogP contribution >= 0.6 is 0 Å². The summed E-state index contributed by atoms with van der Waals surface area (Å²) in [6.07, 6.45) is 9.87. The van der Waals surface area contributed by atoms with Crippen LogP contribution in [0.15, 0.2) is 11.6 Å². The zero-order valence-electron chi connectivity index (χ0n) is 16.8. The molecule has 5 aliphatic rings. The van der Waals surface area contributed by atoms with Crippen molar-refractivity contribution in [3.8, 4) is 0 Å². The fourth-order valence-corrected chi connectivity index (χ4v) is 8.06. The van der Waals surface area contributed by atoms with E-state index in [2.05, 4.69) is 13.8 Å². The van der Waals surface area contributed by atoms with Gasteiger partial charge < -0.3 is 9.84 Å². The van der Waals surface area contributed by atoms with Crippen LogP contribution in [0.2, 0.25) is 0 Å². The molecule has 28 heavy (non-hydrogen) atoms. The molecule has 0 radical (unpaired) electrons. The minimum atomic E-state index is -1.05. The first-order chi connectivity index (χ1) is 13.2. The minimum absolute atomic E-state index is 0.129. The highest BCUT2D eigenvalue weighted by molar-refractivity contribution is 5.95. The maximum Gasteiger partial charge on any atom is 0.321 e. The molecule has 1 N–H and O–H groups in total. The molecular formula is C23H30O5. The number of hydrogen-bond donors (Lipinski definition) is 1. The highest BCUT2D eigenvalue weighted by Crippen LogP contribution is 2.70. The van der Waals surface area contributed by atoms with Gasteiger partial charge in [0.1, 0.15) is 5.60 Å². The molecule has 5 heteroatoms. The molecule has 0 aromatic rings. The molecule has 0 aromatic carbocycles. The van der Waals surface area contributed by atoms with Crippen molar-refractivity contribution in [1.29, 1.82) is 0 Å². The number of carboxylic acid groups (broad SMARTS) is 1. The van der Waals surface area contributed by atoms with Crippen molar-refractivity contribution in [3.05, 3.63) is 11.6 Å². The quantitative estimate of drug-likeness (QED) is 0.546. The predicted molar refractivity (Wildman–Crippen MR) is 101 cm³/mol. The smallest absolute Gasteiger partial charge is 0.321 e. The normalized spacial score (nSPS) is 49.9. The van der Waals surface area contributed by atoms with Gasteiger partial charge in [0.15, 0.2) is 11.7 Å². The molecule has 0 bridgehead atoms. The van der Waals surface area contributed by atoms with Crippen LogP contribution in [0.25, 0.3) is 0 Å². The molecule has 0 aromatic heterocycles. The Kier molecular flexibility index (Phi) is 3.74. The van der Waals surface area contributed by atoms with Crippen LogP contribution in [-0.4, -0.2) is 28.4 Å². The second kappa shape index (κ2) is 5.70. The van der Waals surface area contributed by atoms with Crippen molar-refractivity contribution < 1.29 is 24.2 Å². The first-order valence-corrected chi connectivity index (χ1v) is 10.9. The van der Waals surface area contributed by atoms with Gasteiger partial charge in [-0.05, 0) is 74.2 Å². The van der Waals surface area contributed by atoms with Crippen molar-refractivity contribution in [2.24, 2.45) is 34.5 Å². The molecule has 4 aliphatic carbocycles. The predicted octanol–water partition coefficient (Wildman–Crippen LogP) is 3.90. The van der Waals surface area contributed by atoms with E-state index in [1.807, 2.05) is 6.08 Å². The van der Waals surface area contributed by atoms with Gasteiger partial charge in [-0.1, -0.05) is 19.4 Å². The van der Waals surface area contributed by atoms with E-state index < -0.39 is 23.5 Å². The Morgan fingerprint density at radius 3 is 2.54 bits per heavy atom. The third kappa shape index (κ3) is 2.16. The van der Waals surface area contributed by atoms with Gasteiger partial charge in [0, 0.05) is 18.3 Å². The molecule has 1 unspecified atom stereocenters. The summed E-state index contributed by atoms with van der Waals surface area (Å²) < 4.78 is 5.91. The van der Waals surface area contributed by atoms with Gasteiger partial charge >= 0.3 is 11.9 Å². The molecule has 5 rings (SSSR count). The monoisotopic (exact) mass is 386 g/mol. The van der Waals surface area contributed by atoms with Crippen molar-refractivity contribution in [2.75, 3.05) is 0 Å². The van der Waals surface area contributed by atoms with Crippen molar-refractivity contribution in [3.63, 3.8) is 0 Å². The number of hydrogen-bond acceptors (Lipinski definition) is 4. The Bertz CT molecular complexity index is 799. The number of ketones is 1. The number of carbonyl (C=O) groups excluding carboxylic acids is 2. The lowest BCUT2D eigenvalue weighted by molar-refractivity contribution is -0.169. The molecule has 3 saturated carbocycles. The Morgan fingerprint density at radius 2 is 1.82 bits per heavy atom. The van der Waals surface area contributed by atoms with E-state index in [0.29, 0.717) is 30.6 Å². The highest BCUT2D eigenvalue weighted by Gasteiger charge is 2.69. The van der Waals surface area contributed by atoms with E-state index in [9.17, 15) is 19.5 Å². The Morgan fingerprint density at radius 1 is 1.07 bits per heavy atom. The van der Waals surface area contributed by atoms with Gasteiger partial charge in [-0.25, -0.2) is 0 Å². The van der Waals surface area contributed by atoms with Gasteiger partial charge in [0.05, 0.1) is 0 Å². The van der Waals surface area contributed by atoms with Crippen LogP contribution in [0, 0.1) is 34.5 Å². The second-order valence-corrected chi connectivity index (χ2v) is 10.5. The Hall–Kier alpha value is -1.65. The Balaban J connectivity index is 1.47. The van der Waals surface area contributed by atoms with Crippen LogP contribution in [0.3, 0.4) is 0 Å². The number of aliphatic carboxylic acids is 1. The lowest BCUT2D eigenvalue weighted by atomic mass is 9.46. The summed E-state index contributed by atoms with van der Waals surface area (Å²) >= 11 is 0. The van der Waals surface area contributed by atoms with Gasteiger partial charge in [0.2, 0.25) is 0 Å². The van der Waals surface area contributed by atoms with Gasteiger partial charge in [-0.15, -0.1) is 0 Å². The van der Waals surface area contributed by atoms with E-state index in [4.69, 9.17) is 4.74 Å². The average molecular weight is 386 g/mol. The fraction of sp³-hybridized carbons (Fsp3) is 0.783. The first-order valence-electron chi connectivity index (χ1n) is 10.9. The van der Waals surface area contributed by atoms with Crippen molar-refractivity contribution in [2.45, 2.75) is 77.2 Å². The molecule has 1 spiro atoms. The molecule has 7 atom stereocenters. The van der Waals surface area contributed by atoms with Crippen LogP contribution < -0.4 is 0 Å². The lowest BCUT2D eigenvalue weighted by Gasteiger charge is -2.59. The molecule has 152 valence electrons. The molecule has 1 saturated heterocycles. The molecule has 4 fully saturated rings. The van der Waals surface area contributed by atoms with E-state index in [1.165, 1.54) is 5.57 Å². The summed E-state index contributed by atoms with van der Waals surface area (Å²) in [5.41, 5.74) is 0.766. The standard InChI is InChI=1S/C23H30O5/c1-21-8-5-14(24)11-13(21)3-4-15-17(21)6-9-22(2)18(15)7-10-23(22)12-16(19(25)26)20(27)28-23/h11,15-18H,3-10,12H2,1-2H3,(H,25,26)/t15-,16?,17+,18+,21+,22+,23-/m1/s1. The third-order valence-electron chi connectivity index (χ3n) is 9.66. The van der Waals surface area contributed by atoms with E-state index in [0.717, 1.165) is 44.9 Å². The van der Waals surface area contributed by atoms with Crippen LogP contribution in [0.1, 0.15) is 71.6 Å². The molecule has 0 amide bonds. The van der Waals surface area contributed by atoms with Gasteiger partial charge in [0.25, 0.3) is 0 Å². The maximum absolute atomic E-state index is 12.3. The van der Waals surface area contributed by atoms with Crippen LogP contribution in [-0.2, 0) is 19.1 Å². The van der Waals surface area contributed by atoms with Crippen LogP contribution in [0.5, 0.6) is 0 Å². The largest absolute Gasteiger partial charge is 0.481 e. The number of carbonyl (C=O) groups is 3. The first kappa shape index (κ1) is 18.4. The fourth-order valence-electron chi connectivity index (χ4n) is 8.06. The number of esters is 1. The zero-order chi connectivity index (χ0) is 19.9. The number of fused-ring (bicyclic) bond motifs is 6. The highest BCUT2D eigenvalue weighted by atomic mass is 16.6. The SMILES string of the molecule is C[C@]12CCC(=O)C=C1CC[C@@H]1[C@@H]2CC[C@@]2(C)[C@H]1CC[C@@]21CC(C(=O)O)C(=O)O1. The van der Waals surface area contributed by atoms with E-state index in [-0.39, 0.29) is 16.6 Å². The van der Waals surface area contributed by atoms with Gasteiger partial charge in [-0.2, -0.15) is 0 Å². The number of allylic oxidation sites excluding steroid dienone is 1. The summed E-state index contributed by atoms with van der Waals surface area (Å²) in [4.78, 5) is 35.8. The molecule has 1 aliphatic heterocycles.